The third-order valence-electron chi connectivity index (χ3n) is 5.87. The third-order valence-corrected chi connectivity index (χ3v) is 8.07. The van der Waals surface area contributed by atoms with E-state index in [2.05, 4.69) is 8.92 Å². The molecule has 0 aromatic rings. The first kappa shape index (κ1) is 35.5. The van der Waals surface area contributed by atoms with Crippen molar-refractivity contribution in [1.82, 2.24) is 0 Å². The zero-order valence-electron chi connectivity index (χ0n) is 21.9. The van der Waals surface area contributed by atoms with Crippen molar-refractivity contribution in [2.75, 3.05) is 6.61 Å². The van der Waals surface area contributed by atoms with Crippen LogP contribution in [0, 0.1) is 0 Å². The smallest absolute Gasteiger partial charge is 0.460 e. The minimum Gasteiger partial charge on any atom is -0.481 e. The van der Waals surface area contributed by atoms with Crippen molar-refractivity contribution in [2.45, 2.75) is 106 Å². The molecule has 0 aliphatic carbocycles. The van der Waals surface area contributed by atoms with Crippen LogP contribution in [0.2, 0.25) is 0 Å². The van der Waals surface area contributed by atoms with Crippen LogP contribution in [-0.2, 0) is 47.5 Å². The van der Waals surface area contributed by atoms with Crippen LogP contribution in [-0.4, -0.2) is 91.8 Å². The summed E-state index contributed by atoms with van der Waals surface area (Å²) in [5, 5.41) is 1.85. The molecule has 244 valence electrons. The minimum atomic E-state index is -7.01. The highest BCUT2D eigenvalue weighted by molar-refractivity contribution is 14.1. The molecule has 0 saturated carbocycles. The Labute approximate surface area is 247 Å². The predicted octanol–water partition coefficient (Wildman–Crippen LogP) is 4.34. The summed E-state index contributed by atoms with van der Waals surface area (Å²) in [5.41, 5.74) is 0. The van der Waals surface area contributed by atoms with E-state index in [1.165, 1.54) is 27.7 Å². The number of halogens is 9. The fraction of sp³-hybridized carbons (Fsp3) is 0.857. The highest BCUT2D eigenvalue weighted by Crippen LogP contribution is 2.50. The van der Waals surface area contributed by atoms with Crippen molar-refractivity contribution in [2.24, 2.45) is 0 Å². The monoisotopic (exact) mass is 764 g/mol. The fourth-order valence-electron chi connectivity index (χ4n) is 4.01. The van der Waals surface area contributed by atoms with Crippen LogP contribution in [0.5, 0.6) is 0 Å². The van der Waals surface area contributed by atoms with Gasteiger partial charge in [0, 0.05) is 12.5 Å². The number of hydrogen-bond donors (Lipinski definition) is 1. The number of carboxylic acid groups (broad SMARTS) is 1. The zero-order chi connectivity index (χ0) is 32.3. The second-order valence-electron chi connectivity index (χ2n) is 10.2. The molecule has 0 radical (unpaired) electrons. The largest absolute Gasteiger partial charge is 0.481 e. The van der Waals surface area contributed by atoms with Gasteiger partial charge in [-0.1, -0.05) is 0 Å². The molecule has 3 aliphatic rings. The Hall–Kier alpha value is -0.950. The fourth-order valence-corrected chi connectivity index (χ4v) is 5.64. The molecule has 5 atom stereocenters. The van der Waals surface area contributed by atoms with E-state index < -0.39 is 104 Å². The Kier molecular flexibility index (Phi) is 9.68. The molecule has 3 rings (SSSR count). The van der Waals surface area contributed by atoms with E-state index in [4.69, 9.17) is 28.8 Å². The highest BCUT2D eigenvalue weighted by Gasteiger charge is 2.75. The van der Waals surface area contributed by atoms with Gasteiger partial charge < -0.3 is 28.8 Å². The average Bonchev–Trinajstić information content (AvgIpc) is 3.40. The van der Waals surface area contributed by atoms with E-state index in [9.17, 15) is 48.3 Å². The summed E-state index contributed by atoms with van der Waals surface area (Å²) in [6.07, 6.45) is -23.7. The van der Waals surface area contributed by atoms with Crippen LogP contribution in [0.3, 0.4) is 0 Å². The number of rotatable bonds is 12. The molecule has 3 fully saturated rings. The van der Waals surface area contributed by atoms with Crippen LogP contribution in [0.4, 0.5) is 35.1 Å². The Morgan fingerprint density at radius 2 is 1.55 bits per heavy atom. The quantitative estimate of drug-likeness (QED) is 0.173. The van der Waals surface area contributed by atoms with Gasteiger partial charge in [-0.3, -0.25) is 8.98 Å². The predicted molar refractivity (Wildman–Crippen MR) is 127 cm³/mol. The molecule has 42 heavy (non-hydrogen) atoms. The van der Waals surface area contributed by atoms with Crippen LogP contribution in [0.1, 0.15) is 40.5 Å². The standard InChI is InChI=1S/C21H25F8IO11S/c1-16(2)35-8-10(37-16)12-13(14-15(36-12)39-17(3,4)38-14)40-42(33,34)21(28,29)20(26,27)41-19(24,25)18(22,23)7-9(30)5-6-11(31)32/h7,10,12-15H,5-6,8H2,1-4H3,(H,31,32)/b9-7-/t10?,12-,13?,14+,15-/m1/s1. The van der Waals surface area contributed by atoms with Crippen LogP contribution in [0.15, 0.2) is 9.66 Å². The molecule has 3 aliphatic heterocycles. The van der Waals surface area contributed by atoms with Gasteiger partial charge in [0.05, 0.1) is 6.61 Å². The SMILES string of the molecule is CC1(C)OCC([C@H]2O[C@@H]3OC(C)(C)O[C@H]3C2OS(=O)(=O)C(F)(F)C(F)(F)OC(F)(F)C(F)(F)/C=C(\I)CCC(=O)O)O1. The van der Waals surface area contributed by atoms with Gasteiger partial charge in [-0.15, -0.1) is 0 Å². The van der Waals surface area contributed by atoms with Crippen LogP contribution >= 0.6 is 22.6 Å². The van der Waals surface area contributed by atoms with Gasteiger partial charge in [-0.05, 0) is 60.3 Å². The van der Waals surface area contributed by atoms with Gasteiger partial charge in [0.25, 0.3) is 0 Å². The number of ether oxygens (including phenoxy) is 6. The lowest BCUT2D eigenvalue weighted by molar-refractivity contribution is -0.448. The second kappa shape index (κ2) is 11.4. The average molecular weight is 764 g/mol. The number of alkyl halides is 8. The van der Waals surface area contributed by atoms with Crippen molar-refractivity contribution in [3.8, 4) is 0 Å². The van der Waals surface area contributed by atoms with Crippen molar-refractivity contribution < 1.29 is 86.0 Å². The molecular formula is C21H25F8IO11S. The van der Waals surface area contributed by atoms with E-state index in [0.717, 1.165) is 22.6 Å². The van der Waals surface area contributed by atoms with Crippen molar-refractivity contribution in [3.63, 3.8) is 0 Å². The Bertz CT molecular complexity index is 1180. The van der Waals surface area contributed by atoms with Crippen LogP contribution < -0.4 is 0 Å². The van der Waals surface area contributed by atoms with Crippen molar-refractivity contribution in [3.05, 3.63) is 9.66 Å². The molecule has 1 N–H and O–H groups in total. The summed E-state index contributed by atoms with van der Waals surface area (Å²) in [6.45, 7) is 5.15. The summed E-state index contributed by atoms with van der Waals surface area (Å²) in [4.78, 5) is 10.5. The molecule has 0 bridgehead atoms. The van der Waals surface area contributed by atoms with Gasteiger partial charge in [0.1, 0.15) is 24.4 Å². The molecule has 0 aromatic heterocycles. The molecular weight excluding hydrogens is 739 g/mol. The summed E-state index contributed by atoms with van der Waals surface area (Å²) >= 11 is 0.992. The molecule has 11 nitrogen and oxygen atoms in total. The molecule has 0 aromatic carbocycles. The first-order chi connectivity index (χ1) is 18.7. The summed E-state index contributed by atoms with van der Waals surface area (Å²) < 4.78 is 173. The number of aliphatic carboxylic acids is 1. The third kappa shape index (κ3) is 7.29. The Morgan fingerprint density at radius 1 is 0.952 bits per heavy atom. The van der Waals surface area contributed by atoms with Crippen molar-refractivity contribution >= 4 is 38.7 Å². The van der Waals surface area contributed by atoms with E-state index in [1.807, 2.05) is 0 Å². The maximum absolute atomic E-state index is 14.7. The van der Waals surface area contributed by atoms with E-state index >= 15 is 0 Å². The number of carbonyl (C=O) groups is 1. The first-order valence-electron chi connectivity index (χ1n) is 11.8. The summed E-state index contributed by atoms with van der Waals surface area (Å²) in [7, 11) is -7.01. The number of hydrogen-bond acceptors (Lipinski definition) is 10. The topological polar surface area (TPSA) is 136 Å². The maximum Gasteiger partial charge on any atom is 0.460 e. The van der Waals surface area contributed by atoms with Gasteiger partial charge in [-0.2, -0.15) is 43.5 Å². The van der Waals surface area contributed by atoms with Gasteiger partial charge in [0.2, 0.25) is 0 Å². The van der Waals surface area contributed by atoms with Gasteiger partial charge >= 0.3 is 39.5 Å². The van der Waals surface area contributed by atoms with Gasteiger partial charge in [-0.25, -0.2) is 4.74 Å². The molecule has 3 saturated heterocycles. The minimum absolute atomic E-state index is 0.323. The maximum atomic E-state index is 14.7. The summed E-state index contributed by atoms with van der Waals surface area (Å²) in [5.74, 6) is -10.0. The zero-order valence-corrected chi connectivity index (χ0v) is 24.9. The summed E-state index contributed by atoms with van der Waals surface area (Å²) in [6, 6.07) is 0. The number of allylic oxidation sites excluding steroid dienone is 1. The first-order valence-corrected chi connectivity index (χ1v) is 14.3. The van der Waals surface area contributed by atoms with E-state index in [1.54, 1.807) is 0 Å². The van der Waals surface area contributed by atoms with E-state index in [0.29, 0.717) is 0 Å². The molecule has 3 heterocycles. The lowest BCUT2D eigenvalue weighted by Crippen LogP contribution is -2.57. The Morgan fingerprint density at radius 3 is 2.07 bits per heavy atom. The number of carboxylic acids is 1. The lowest BCUT2D eigenvalue weighted by Gasteiger charge is -2.33. The number of fused-ring (bicyclic) bond motifs is 1. The van der Waals surface area contributed by atoms with Crippen molar-refractivity contribution in [1.29, 1.82) is 0 Å². The second-order valence-corrected chi connectivity index (χ2v) is 13.2. The van der Waals surface area contributed by atoms with E-state index in [-0.39, 0.29) is 6.61 Å². The van der Waals surface area contributed by atoms with Crippen LogP contribution in [0.25, 0.3) is 0 Å². The lowest BCUT2D eigenvalue weighted by atomic mass is 10.1. The highest BCUT2D eigenvalue weighted by atomic mass is 127. The normalized spacial score (nSPS) is 30.5. The molecule has 0 amide bonds. The molecule has 2 unspecified atom stereocenters. The Balaban J connectivity index is 1.86. The van der Waals surface area contributed by atoms with Gasteiger partial charge in [0.15, 0.2) is 17.9 Å². The molecule has 21 heteroatoms. The molecule has 0 spiro atoms.